The van der Waals surface area contributed by atoms with Crippen molar-refractivity contribution in [3.8, 4) is 5.75 Å². The maximum Gasteiger partial charge on any atom is 0.368 e. The summed E-state index contributed by atoms with van der Waals surface area (Å²) < 4.78 is 34.2. The minimum Gasteiger partial charge on any atom is -0.476 e. The monoisotopic (exact) mass is 494 g/mol. The van der Waals surface area contributed by atoms with Gasteiger partial charge in [-0.3, -0.25) is 0 Å². The first kappa shape index (κ1) is 25.2. The van der Waals surface area contributed by atoms with Gasteiger partial charge < -0.3 is 19.8 Å². The lowest BCUT2D eigenvalue weighted by Gasteiger charge is -2.30. The third kappa shape index (κ3) is 5.94. The number of aliphatic hydroxyl groups excluding tert-OH is 1. The van der Waals surface area contributed by atoms with Crippen molar-refractivity contribution in [3.63, 3.8) is 0 Å². The molecule has 2 unspecified atom stereocenters. The summed E-state index contributed by atoms with van der Waals surface area (Å²) in [5, 5.41) is 17.9. The summed E-state index contributed by atoms with van der Waals surface area (Å²) in [6, 6.07) is 13.2. The third-order valence-electron chi connectivity index (χ3n) is 5.40. The molecule has 0 radical (unpaired) electrons. The second-order valence-electron chi connectivity index (χ2n) is 7.47. The number of likely N-dealkylation sites (N-methyl/N-ethyl adjacent to an activating group) is 1. The van der Waals surface area contributed by atoms with E-state index in [0.29, 0.717) is 29.0 Å². The van der Waals surface area contributed by atoms with E-state index in [4.69, 9.17) is 9.84 Å². The van der Waals surface area contributed by atoms with Gasteiger partial charge in [-0.25, -0.2) is 13.3 Å². The fourth-order valence-electron chi connectivity index (χ4n) is 3.63. The van der Waals surface area contributed by atoms with Crippen LogP contribution in [0.25, 0.3) is 0 Å². The van der Waals surface area contributed by atoms with E-state index in [9.17, 15) is 18.5 Å². The SMILES string of the molecule is CSc1cc2c(cc1O/C=C(\F)C(=O)O)S(=O)N(C)C(CCCCO)CN2c1ccccc1. The van der Waals surface area contributed by atoms with E-state index in [1.165, 1.54) is 11.8 Å². The fraction of sp³-hybridized carbons (Fsp3) is 0.348. The molecule has 0 saturated heterocycles. The summed E-state index contributed by atoms with van der Waals surface area (Å²) in [5.74, 6) is -2.92. The number of rotatable bonds is 9. The number of anilines is 2. The standard InChI is InChI=1S/C23H27FN2O5S2/c1-25-17(10-6-7-11-27)14-26(16-8-4-3-5-9-16)19-12-21(32-2)20(13-22(19)33(25)30)31-15-18(24)23(28)29/h3-5,8-9,12-13,15,17,27H,6-7,10-11,14H2,1-2H3,(H,28,29)/b18-15-. The Morgan fingerprint density at radius 3 is 2.67 bits per heavy atom. The molecule has 2 atom stereocenters. The summed E-state index contributed by atoms with van der Waals surface area (Å²) >= 11 is 1.36. The minimum absolute atomic E-state index is 0.0450. The van der Waals surface area contributed by atoms with Gasteiger partial charge >= 0.3 is 5.97 Å². The molecule has 2 aromatic carbocycles. The number of carboxylic acid groups (broad SMARTS) is 1. The fourth-order valence-corrected chi connectivity index (χ4v) is 5.48. The summed E-state index contributed by atoms with van der Waals surface area (Å²) in [6.07, 6.45) is 4.60. The number of para-hydroxylation sites is 1. The number of thioether (sulfide) groups is 1. The first-order valence-electron chi connectivity index (χ1n) is 10.4. The normalized spacial score (nSPS) is 19.2. The zero-order valence-corrected chi connectivity index (χ0v) is 20.1. The number of unbranched alkanes of at least 4 members (excludes halogenated alkanes) is 1. The largest absolute Gasteiger partial charge is 0.476 e. The lowest BCUT2D eigenvalue weighted by molar-refractivity contribution is -0.134. The van der Waals surface area contributed by atoms with Crippen molar-refractivity contribution in [2.75, 3.05) is 31.4 Å². The lowest BCUT2D eigenvalue weighted by atomic mass is 10.1. The number of benzene rings is 2. The molecular formula is C23H27FN2O5S2. The Balaban J connectivity index is 2.10. The van der Waals surface area contributed by atoms with Gasteiger partial charge in [0.25, 0.3) is 0 Å². The Morgan fingerprint density at radius 2 is 2.03 bits per heavy atom. The highest BCUT2D eigenvalue weighted by Crippen LogP contribution is 2.42. The second-order valence-corrected chi connectivity index (χ2v) is 9.84. The van der Waals surface area contributed by atoms with Crippen molar-refractivity contribution < 1.29 is 28.3 Å². The Bertz CT molecular complexity index is 1040. The van der Waals surface area contributed by atoms with Gasteiger partial charge in [0.15, 0.2) is 0 Å². The summed E-state index contributed by atoms with van der Waals surface area (Å²) in [5.41, 5.74) is 1.69. The molecule has 33 heavy (non-hydrogen) atoms. The summed E-state index contributed by atoms with van der Waals surface area (Å²) in [4.78, 5) is 14.0. The van der Waals surface area contributed by atoms with Crippen molar-refractivity contribution in [2.45, 2.75) is 35.1 Å². The topological polar surface area (TPSA) is 90.3 Å². The maximum atomic E-state index is 13.6. The molecule has 178 valence electrons. The molecule has 0 fully saturated rings. The smallest absolute Gasteiger partial charge is 0.368 e. The van der Waals surface area contributed by atoms with Crippen LogP contribution in [-0.2, 0) is 15.8 Å². The van der Waals surface area contributed by atoms with Crippen LogP contribution in [0.15, 0.2) is 64.3 Å². The molecule has 1 heterocycles. The van der Waals surface area contributed by atoms with E-state index in [-0.39, 0.29) is 18.4 Å². The molecule has 2 aromatic rings. The number of hydrogen-bond acceptors (Lipinski definition) is 6. The molecule has 3 rings (SSSR count). The van der Waals surface area contributed by atoms with E-state index >= 15 is 0 Å². The molecule has 0 amide bonds. The van der Waals surface area contributed by atoms with Gasteiger partial charge in [0.1, 0.15) is 23.0 Å². The zero-order chi connectivity index (χ0) is 24.0. The highest BCUT2D eigenvalue weighted by molar-refractivity contribution is 7.98. The van der Waals surface area contributed by atoms with Crippen LogP contribution in [0.3, 0.4) is 0 Å². The number of halogens is 1. The number of aliphatic carboxylic acids is 1. The molecule has 7 nitrogen and oxygen atoms in total. The van der Waals surface area contributed by atoms with Gasteiger partial charge in [0.05, 0.1) is 15.5 Å². The number of nitrogens with zero attached hydrogens (tertiary/aromatic N) is 2. The lowest BCUT2D eigenvalue weighted by Crippen LogP contribution is -2.38. The molecule has 0 aliphatic carbocycles. The molecule has 0 spiro atoms. The van der Waals surface area contributed by atoms with Gasteiger partial charge in [-0.05, 0) is 43.7 Å². The predicted octanol–water partition coefficient (Wildman–Crippen LogP) is 4.32. The first-order chi connectivity index (χ1) is 15.9. The Hall–Kier alpha value is -2.40. The minimum atomic E-state index is -1.72. The van der Waals surface area contributed by atoms with E-state index in [1.54, 1.807) is 17.4 Å². The second kappa shape index (κ2) is 11.6. The predicted molar refractivity (Wildman–Crippen MR) is 128 cm³/mol. The van der Waals surface area contributed by atoms with Crippen LogP contribution in [0, 0.1) is 0 Å². The number of carbonyl (C=O) groups is 1. The Labute approximate surface area is 199 Å². The van der Waals surface area contributed by atoms with Crippen LogP contribution < -0.4 is 9.64 Å². The van der Waals surface area contributed by atoms with E-state index < -0.39 is 22.8 Å². The number of carboxylic acids is 1. The molecule has 0 saturated carbocycles. The third-order valence-corrected chi connectivity index (χ3v) is 7.68. The average molecular weight is 495 g/mol. The van der Waals surface area contributed by atoms with Gasteiger partial charge in [-0.1, -0.05) is 18.2 Å². The molecular weight excluding hydrogens is 467 g/mol. The Kier molecular flexibility index (Phi) is 8.90. The number of hydrogen-bond donors (Lipinski definition) is 2. The highest BCUT2D eigenvalue weighted by atomic mass is 32.2. The van der Waals surface area contributed by atoms with E-state index in [0.717, 1.165) is 24.2 Å². The molecule has 2 N–H and O–H groups in total. The molecule has 0 bridgehead atoms. The number of aliphatic hydroxyl groups is 1. The van der Waals surface area contributed by atoms with Crippen LogP contribution in [0.2, 0.25) is 0 Å². The van der Waals surface area contributed by atoms with Crippen molar-refractivity contribution in [1.29, 1.82) is 0 Å². The van der Waals surface area contributed by atoms with Gasteiger partial charge in [0.2, 0.25) is 5.83 Å². The Morgan fingerprint density at radius 1 is 1.30 bits per heavy atom. The number of ether oxygens (including phenoxy) is 1. The van der Waals surface area contributed by atoms with Crippen molar-refractivity contribution in [3.05, 3.63) is 54.6 Å². The van der Waals surface area contributed by atoms with E-state index in [2.05, 4.69) is 4.90 Å². The molecule has 0 aromatic heterocycles. The molecule has 1 aliphatic rings. The van der Waals surface area contributed by atoms with Crippen LogP contribution in [-0.4, -0.2) is 57.2 Å². The highest BCUT2D eigenvalue weighted by Gasteiger charge is 2.32. The average Bonchev–Trinajstić information content (AvgIpc) is 2.92. The molecule has 1 aliphatic heterocycles. The van der Waals surface area contributed by atoms with Crippen molar-refractivity contribution in [2.24, 2.45) is 0 Å². The number of fused-ring (bicyclic) bond motifs is 1. The van der Waals surface area contributed by atoms with Gasteiger partial charge in [-0.2, -0.15) is 4.39 Å². The van der Waals surface area contributed by atoms with Crippen LogP contribution in [0.4, 0.5) is 15.8 Å². The van der Waals surface area contributed by atoms with Crippen LogP contribution in [0.1, 0.15) is 19.3 Å². The first-order valence-corrected chi connectivity index (χ1v) is 12.8. The van der Waals surface area contributed by atoms with Crippen LogP contribution >= 0.6 is 11.8 Å². The van der Waals surface area contributed by atoms with Crippen molar-refractivity contribution in [1.82, 2.24) is 4.31 Å². The van der Waals surface area contributed by atoms with Crippen LogP contribution in [0.5, 0.6) is 5.75 Å². The zero-order valence-electron chi connectivity index (χ0n) is 18.4. The summed E-state index contributed by atoms with van der Waals surface area (Å²) in [7, 11) is 0.255. The summed E-state index contributed by atoms with van der Waals surface area (Å²) in [6.45, 7) is 0.701. The maximum absolute atomic E-state index is 13.6. The molecule has 10 heteroatoms. The van der Waals surface area contributed by atoms with Crippen molar-refractivity contribution >= 4 is 40.1 Å². The van der Waals surface area contributed by atoms with E-state index in [1.807, 2.05) is 42.7 Å². The van der Waals surface area contributed by atoms with Gasteiger partial charge in [0, 0.05) is 38.0 Å². The quantitative estimate of drug-likeness (QED) is 0.232. The van der Waals surface area contributed by atoms with Gasteiger partial charge in [-0.15, -0.1) is 11.8 Å².